The molecule has 0 fully saturated rings. The zero-order valence-electron chi connectivity index (χ0n) is 10.2. The minimum Gasteiger partial charge on any atom is -0.481 e. The van der Waals surface area contributed by atoms with Gasteiger partial charge in [0, 0.05) is 11.8 Å². The van der Waals surface area contributed by atoms with Crippen LogP contribution in [-0.4, -0.2) is 21.6 Å². The summed E-state index contributed by atoms with van der Waals surface area (Å²) in [6.45, 7) is 0.397. The van der Waals surface area contributed by atoms with Crippen molar-refractivity contribution >= 4 is 21.6 Å². The molecule has 0 aliphatic rings. The summed E-state index contributed by atoms with van der Waals surface area (Å²) < 4.78 is 6.75. The van der Waals surface area contributed by atoms with E-state index in [0.717, 1.165) is 10.4 Å². The summed E-state index contributed by atoms with van der Waals surface area (Å²) >= 11 is 1.46. The summed E-state index contributed by atoms with van der Waals surface area (Å²) in [5, 5.41) is 2.52. The lowest BCUT2D eigenvalue weighted by Gasteiger charge is -2.08. The van der Waals surface area contributed by atoms with Gasteiger partial charge in [0.2, 0.25) is 5.88 Å². The summed E-state index contributed by atoms with van der Waals surface area (Å²) in [4.78, 5) is 21.4. The van der Waals surface area contributed by atoms with E-state index in [-0.39, 0.29) is 5.56 Å². The lowest BCUT2D eigenvalue weighted by molar-refractivity contribution is 0.391. The Balaban J connectivity index is 2.06. The third-order valence-electron chi connectivity index (χ3n) is 2.83. The van der Waals surface area contributed by atoms with Gasteiger partial charge in [-0.25, -0.2) is 9.97 Å². The van der Waals surface area contributed by atoms with Crippen LogP contribution in [0.3, 0.4) is 0 Å². The molecule has 19 heavy (non-hydrogen) atoms. The average molecular weight is 273 g/mol. The molecule has 0 aliphatic heterocycles. The minimum absolute atomic E-state index is 0.0443. The van der Waals surface area contributed by atoms with Crippen LogP contribution in [0.1, 0.15) is 5.56 Å². The Kier molecular flexibility index (Phi) is 3.00. The second-order valence-corrected chi connectivity index (χ2v) is 4.88. The van der Waals surface area contributed by atoms with Gasteiger partial charge in [-0.15, -0.1) is 11.3 Å². The van der Waals surface area contributed by atoms with Gasteiger partial charge in [0.25, 0.3) is 5.56 Å². The van der Waals surface area contributed by atoms with Gasteiger partial charge in [0.15, 0.2) is 0 Å². The lowest BCUT2D eigenvalue weighted by atomic mass is 10.2. The summed E-state index contributed by atoms with van der Waals surface area (Å²) in [6.07, 6.45) is 3.22. The molecule has 0 radical (unpaired) electrons. The molecule has 3 heterocycles. The van der Waals surface area contributed by atoms with Gasteiger partial charge in [-0.3, -0.25) is 9.36 Å². The predicted molar refractivity (Wildman–Crippen MR) is 73.8 cm³/mol. The Morgan fingerprint density at radius 1 is 1.37 bits per heavy atom. The molecule has 6 heteroatoms. The number of aromatic nitrogens is 3. The molecule has 0 amide bonds. The molecule has 0 saturated heterocycles. The van der Waals surface area contributed by atoms with Crippen molar-refractivity contribution in [2.45, 2.75) is 6.54 Å². The fourth-order valence-corrected chi connectivity index (χ4v) is 2.64. The smallest absolute Gasteiger partial charge is 0.262 e. The first kappa shape index (κ1) is 11.9. The van der Waals surface area contributed by atoms with Crippen LogP contribution >= 0.6 is 11.3 Å². The van der Waals surface area contributed by atoms with E-state index in [4.69, 9.17) is 4.74 Å². The highest BCUT2D eigenvalue weighted by Gasteiger charge is 2.08. The van der Waals surface area contributed by atoms with Crippen LogP contribution in [0, 0.1) is 0 Å². The second-order valence-electron chi connectivity index (χ2n) is 3.99. The first-order chi connectivity index (χ1) is 9.29. The molecule has 0 saturated carbocycles. The van der Waals surface area contributed by atoms with E-state index in [0.29, 0.717) is 17.8 Å². The van der Waals surface area contributed by atoms with Crippen LogP contribution < -0.4 is 10.3 Å². The first-order valence-electron chi connectivity index (χ1n) is 5.70. The molecule has 0 aliphatic carbocycles. The molecule has 0 N–H and O–H groups in total. The van der Waals surface area contributed by atoms with Crippen LogP contribution in [0.15, 0.2) is 40.9 Å². The van der Waals surface area contributed by atoms with Gasteiger partial charge in [-0.2, -0.15) is 0 Å². The van der Waals surface area contributed by atoms with E-state index in [1.807, 2.05) is 17.5 Å². The maximum atomic E-state index is 12.3. The van der Waals surface area contributed by atoms with E-state index in [9.17, 15) is 4.79 Å². The van der Waals surface area contributed by atoms with E-state index in [2.05, 4.69) is 9.97 Å². The van der Waals surface area contributed by atoms with Crippen LogP contribution in [0.4, 0.5) is 0 Å². The summed E-state index contributed by atoms with van der Waals surface area (Å²) in [5.41, 5.74) is 0.806. The Morgan fingerprint density at radius 2 is 2.26 bits per heavy atom. The Hall–Kier alpha value is -2.21. The van der Waals surface area contributed by atoms with Crippen molar-refractivity contribution in [2.75, 3.05) is 7.11 Å². The summed E-state index contributed by atoms with van der Waals surface area (Å²) in [6, 6.07) is 5.50. The van der Waals surface area contributed by atoms with E-state index in [1.165, 1.54) is 11.3 Å². The van der Waals surface area contributed by atoms with E-state index < -0.39 is 0 Å². The van der Waals surface area contributed by atoms with Crippen LogP contribution in [0.25, 0.3) is 10.2 Å². The third kappa shape index (κ3) is 2.10. The highest BCUT2D eigenvalue weighted by Crippen LogP contribution is 2.16. The monoisotopic (exact) mass is 273 g/mol. The average Bonchev–Trinajstić information content (AvgIpc) is 2.92. The standard InChI is InChI=1S/C13H11N3O2S/c1-18-11-9(3-2-5-14-11)7-16-8-15-12-10(13(16)17)4-6-19-12/h2-6,8H,7H2,1H3. The third-order valence-corrected chi connectivity index (χ3v) is 3.66. The molecule has 0 unspecified atom stereocenters. The zero-order chi connectivity index (χ0) is 13.2. The van der Waals surface area contributed by atoms with Gasteiger partial charge >= 0.3 is 0 Å². The number of methoxy groups -OCH3 is 1. The van der Waals surface area contributed by atoms with Crippen molar-refractivity contribution in [3.05, 3.63) is 52.0 Å². The van der Waals surface area contributed by atoms with Gasteiger partial charge in [-0.1, -0.05) is 6.07 Å². The Bertz CT molecular complexity index is 779. The highest BCUT2D eigenvalue weighted by molar-refractivity contribution is 7.16. The zero-order valence-corrected chi connectivity index (χ0v) is 11.1. The van der Waals surface area contributed by atoms with E-state index >= 15 is 0 Å². The molecule has 3 aromatic rings. The van der Waals surface area contributed by atoms with Crippen molar-refractivity contribution in [3.63, 3.8) is 0 Å². The minimum atomic E-state index is -0.0443. The molecular weight excluding hydrogens is 262 g/mol. The van der Waals surface area contributed by atoms with Crippen molar-refractivity contribution < 1.29 is 4.74 Å². The number of ether oxygens (including phenoxy) is 1. The molecular formula is C13H11N3O2S. The molecule has 0 aromatic carbocycles. The van der Waals surface area contributed by atoms with Crippen molar-refractivity contribution in [2.24, 2.45) is 0 Å². The van der Waals surface area contributed by atoms with Crippen LogP contribution in [0.5, 0.6) is 5.88 Å². The van der Waals surface area contributed by atoms with Crippen LogP contribution in [0.2, 0.25) is 0 Å². The Labute approximate surface area is 113 Å². The maximum Gasteiger partial charge on any atom is 0.262 e. The van der Waals surface area contributed by atoms with Crippen molar-refractivity contribution in [3.8, 4) is 5.88 Å². The van der Waals surface area contributed by atoms with Crippen LogP contribution in [-0.2, 0) is 6.54 Å². The normalized spacial score (nSPS) is 10.8. The molecule has 3 rings (SSSR count). The lowest BCUT2D eigenvalue weighted by Crippen LogP contribution is -2.20. The number of rotatable bonds is 3. The largest absolute Gasteiger partial charge is 0.481 e. The second kappa shape index (κ2) is 4.81. The van der Waals surface area contributed by atoms with Gasteiger partial charge in [0.05, 0.1) is 25.4 Å². The summed E-state index contributed by atoms with van der Waals surface area (Å²) in [7, 11) is 1.56. The number of hydrogen-bond donors (Lipinski definition) is 0. The molecule has 5 nitrogen and oxygen atoms in total. The quantitative estimate of drug-likeness (QED) is 0.731. The number of pyridine rings is 1. The number of nitrogens with zero attached hydrogens (tertiary/aromatic N) is 3. The van der Waals surface area contributed by atoms with Gasteiger partial charge < -0.3 is 4.74 Å². The molecule has 0 atom stereocenters. The van der Waals surface area contributed by atoms with E-state index in [1.54, 1.807) is 30.3 Å². The molecule has 96 valence electrons. The fourth-order valence-electron chi connectivity index (χ4n) is 1.92. The number of hydrogen-bond acceptors (Lipinski definition) is 5. The van der Waals surface area contributed by atoms with Gasteiger partial charge in [0.1, 0.15) is 4.83 Å². The SMILES string of the molecule is COc1ncccc1Cn1cnc2sccc2c1=O. The number of fused-ring (bicyclic) bond motifs is 1. The fraction of sp³-hybridized carbons (Fsp3) is 0.154. The molecule has 0 bridgehead atoms. The van der Waals surface area contributed by atoms with Crippen molar-refractivity contribution in [1.29, 1.82) is 0 Å². The summed E-state index contributed by atoms with van der Waals surface area (Å²) in [5.74, 6) is 0.528. The molecule has 3 aromatic heterocycles. The predicted octanol–water partition coefficient (Wildman–Crippen LogP) is 1.91. The first-order valence-corrected chi connectivity index (χ1v) is 6.58. The maximum absolute atomic E-state index is 12.3. The van der Waals surface area contributed by atoms with Crippen molar-refractivity contribution in [1.82, 2.24) is 14.5 Å². The topological polar surface area (TPSA) is 57.0 Å². The highest BCUT2D eigenvalue weighted by atomic mass is 32.1. The van der Waals surface area contributed by atoms with Gasteiger partial charge in [-0.05, 0) is 17.5 Å². The number of thiophene rings is 1. The Morgan fingerprint density at radius 3 is 3.11 bits per heavy atom. The molecule has 0 spiro atoms.